The summed E-state index contributed by atoms with van der Waals surface area (Å²) in [4.78, 5) is 4.79. The van der Waals surface area contributed by atoms with Crippen molar-refractivity contribution in [3.05, 3.63) is 5.89 Å². The zero-order valence-electron chi connectivity index (χ0n) is 12.8. The van der Waals surface area contributed by atoms with E-state index in [2.05, 4.69) is 34.0 Å². The fraction of sp³-hybridized carbons (Fsp3) is 0.867. The Morgan fingerprint density at radius 1 is 1.15 bits per heavy atom. The van der Waals surface area contributed by atoms with Gasteiger partial charge in [-0.1, -0.05) is 12.0 Å². The molecule has 0 amide bonds. The Labute approximate surface area is 121 Å². The average Bonchev–Trinajstić information content (AvgIpc) is 2.88. The zero-order chi connectivity index (χ0) is 14.0. The smallest absolute Gasteiger partial charge is 0.318 e. The van der Waals surface area contributed by atoms with E-state index in [9.17, 15) is 0 Å². The highest BCUT2D eigenvalue weighted by Gasteiger charge is 2.39. The van der Waals surface area contributed by atoms with E-state index in [4.69, 9.17) is 4.42 Å². The summed E-state index contributed by atoms with van der Waals surface area (Å²) in [6.07, 6.45) is 7.16. The summed E-state index contributed by atoms with van der Waals surface area (Å²) >= 11 is 0. The van der Waals surface area contributed by atoms with Crippen molar-refractivity contribution in [3.63, 3.8) is 0 Å². The first-order chi connectivity index (χ1) is 9.71. The summed E-state index contributed by atoms with van der Waals surface area (Å²) < 4.78 is 5.81. The molecule has 2 aliphatic rings. The molecule has 0 aliphatic carbocycles. The van der Waals surface area contributed by atoms with Crippen LogP contribution in [-0.4, -0.2) is 48.3 Å². The number of hydrogen-bond acceptors (Lipinski definition) is 5. The summed E-state index contributed by atoms with van der Waals surface area (Å²) in [6, 6.07) is 0.737. The predicted octanol–water partition coefficient (Wildman–Crippen LogP) is 2.33. The summed E-state index contributed by atoms with van der Waals surface area (Å²) in [7, 11) is 2.24. The van der Waals surface area contributed by atoms with Crippen LogP contribution in [0.1, 0.15) is 44.9 Å². The second-order valence-corrected chi connectivity index (χ2v) is 6.59. The van der Waals surface area contributed by atoms with Crippen LogP contribution in [0.4, 0.5) is 6.01 Å². The third-order valence-electron chi connectivity index (χ3n) is 4.70. The van der Waals surface area contributed by atoms with Gasteiger partial charge in [0.25, 0.3) is 0 Å². The number of aryl methyl sites for hydroxylation is 1. The zero-order valence-corrected chi connectivity index (χ0v) is 12.8. The largest absolute Gasteiger partial charge is 0.408 e. The van der Waals surface area contributed by atoms with Crippen LogP contribution in [0.25, 0.3) is 0 Å². The summed E-state index contributed by atoms with van der Waals surface area (Å²) in [5, 5.41) is 8.41. The van der Waals surface area contributed by atoms with Gasteiger partial charge in [-0.2, -0.15) is 0 Å². The highest BCUT2D eigenvalue weighted by molar-refractivity contribution is 5.26. The lowest BCUT2D eigenvalue weighted by Crippen LogP contribution is -2.51. The van der Waals surface area contributed by atoms with Gasteiger partial charge in [-0.05, 0) is 45.7 Å². The second-order valence-electron chi connectivity index (χ2n) is 6.59. The maximum atomic E-state index is 5.81. The van der Waals surface area contributed by atoms with Gasteiger partial charge in [0.05, 0.1) is 0 Å². The normalized spacial score (nSPS) is 28.2. The Bertz CT molecular complexity index is 443. The molecule has 20 heavy (non-hydrogen) atoms. The monoisotopic (exact) mass is 278 g/mol. The minimum atomic E-state index is 0.435. The third kappa shape index (κ3) is 2.82. The number of nitrogens with zero attached hydrogens (tertiary/aromatic N) is 4. The molecule has 0 bridgehead atoms. The molecule has 5 nitrogen and oxygen atoms in total. The lowest BCUT2D eigenvalue weighted by Gasteiger charge is -2.47. The molecule has 0 saturated carbocycles. The molecule has 1 aromatic rings. The SMILES string of the molecule is CCCc1nnc(N2CCCC3(CCCN(C)C3)C2)o1. The molecule has 2 aliphatic heterocycles. The van der Waals surface area contributed by atoms with E-state index >= 15 is 0 Å². The van der Waals surface area contributed by atoms with E-state index in [-0.39, 0.29) is 0 Å². The summed E-state index contributed by atoms with van der Waals surface area (Å²) in [5.74, 6) is 0.780. The number of likely N-dealkylation sites (tertiary alicyclic amines) is 1. The van der Waals surface area contributed by atoms with E-state index in [1.807, 2.05) is 0 Å². The molecule has 3 rings (SSSR count). The molecule has 1 atom stereocenters. The van der Waals surface area contributed by atoms with Gasteiger partial charge in [-0.3, -0.25) is 0 Å². The Kier molecular flexibility index (Phi) is 3.96. The molecule has 0 aromatic carbocycles. The Balaban J connectivity index is 1.70. The standard InChI is InChI=1S/C15H26N4O/c1-3-6-13-16-17-14(20-13)19-10-5-8-15(12-19)7-4-9-18(2)11-15/h3-12H2,1-2H3. The topological polar surface area (TPSA) is 45.4 Å². The molecule has 0 radical (unpaired) electrons. The number of aromatic nitrogens is 2. The lowest BCUT2D eigenvalue weighted by molar-refractivity contribution is 0.0893. The first-order valence-electron chi connectivity index (χ1n) is 7.97. The first kappa shape index (κ1) is 13.9. The van der Waals surface area contributed by atoms with Gasteiger partial charge in [0.15, 0.2) is 0 Å². The molecule has 1 unspecified atom stereocenters. The van der Waals surface area contributed by atoms with Crippen LogP contribution in [-0.2, 0) is 6.42 Å². The number of hydrogen-bond donors (Lipinski definition) is 0. The highest BCUT2D eigenvalue weighted by Crippen LogP contribution is 2.39. The summed E-state index contributed by atoms with van der Waals surface area (Å²) in [6.45, 7) is 6.71. The van der Waals surface area contributed by atoms with Gasteiger partial charge in [-0.25, -0.2) is 0 Å². The number of rotatable bonds is 3. The Morgan fingerprint density at radius 3 is 2.70 bits per heavy atom. The van der Waals surface area contributed by atoms with E-state index in [0.717, 1.165) is 37.8 Å². The van der Waals surface area contributed by atoms with Crippen molar-refractivity contribution in [3.8, 4) is 0 Å². The highest BCUT2D eigenvalue weighted by atomic mass is 16.4. The number of anilines is 1. The van der Waals surface area contributed by atoms with Gasteiger partial charge in [0.2, 0.25) is 5.89 Å². The van der Waals surface area contributed by atoms with Crippen molar-refractivity contribution in [2.24, 2.45) is 5.41 Å². The van der Waals surface area contributed by atoms with Crippen molar-refractivity contribution in [2.75, 3.05) is 38.1 Å². The van der Waals surface area contributed by atoms with Gasteiger partial charge >= 0.3 is 6.01 Å². The molecular formula is C15H26N4O. The van der Waals surface area contributed by atoms with E-state index in [1.165, 1.54) is 38.8 Å². The van der Waals surface area contributed by atoms with Crippen molar-refractivity contribution in [2.45, 2.75) is 45.4 Å². The van der Waals surface area contributed by atoms with E-state index < -0.39 is 0 Å². The lowest BCUT2D eigenvalue weighted by atomic mass is 9.74. The Morgan fingerprint density at radius 2 is 1.95 bits per heavy atom. The summed E-state index contributed by atoms with van der Waals surface area (Å²) in [5.41, 5.74) is 0.435. The minimum absolute atomic E-state index is 0.435. The fourth-order valence-electron chi connectivity index (χ4n) is 3.85. The molecule has 112 valence electrons. The van der Waals surface area contributed by atoms with Gasteiger partial charge in [0.1, 0.15) is 0 Å². The fourth-order valence-corrected chi connectivity index (χ4v) is 3.85. The Hall–Kier alpha value is -1.10. The van der Waals surface area contributed by atoms with Gasteiger partial charge < -0.3 is 14.2 Å². The van der Waals surface area contributed by atoms with Gasteiger partial charge in [0, 0.05) is 31.5 Å². The first-order valence-corrected chi connectivity index (χ1v) is 7.97. The van der Waals surface area contributed by atoms with Crippen LogP contribution >= 0.6 is 0 Å². The third-order valence-corrected chi connectivity index (χ3v) is 4.70. The van der Waals surface area contributed by atoms with Crippen LogP contribution in [0, 0.1) is 5.41 Å². The van der Waals surface area contributed by atoms with Crippen LogP contribution in [0.5, 0.6) is 0 Å². The molecule has 2 saturated heterocycles. The molecule has 1 aromatic heterocycles. The quantitative estimate of drug-likeness (QED) is 0.849. The molecular weight excluding hydrogens is 252 g/mol. The van der Waals surface area contributed by atoms with Crippen molar-refractivity contribution in [1.82, 2.24) is 15.1 Å². The minimum Gasteiger partial charge on any atom is -0.408 e. The predicted molar refractivity (Wildman–Crippen MR) is 78.9 cm³/mol. The van der Waals surface area contributed by atoms with E-state index in [1.54, 1.807) is 0 Å². The second kappa shape index (κ2) is 5.72. The van der Waals surface area contributed by atoms with Crippen LogP contribution in [0.2, 0.25) is 0 Å². The van der Waals surface area contributed by atoms with Crippen LogP contribution in [0.3, 0.4) is 0 Å². The van der Waals surface area contributed by atoms with E-state index in [0.29, 0.717) is 5.41 Å². The van der Waals surface area contributed by atoms with Crippen molar-refractivity contribution >= 4 is 6.01 Å². The van der Waals surface area contributed by atoms with Crippen LogP contribution < -0.4 is 4.90 Å². The molecule has 1 spiro atoms. The average molecular weight is 278 g/mol. The maximum Gasteiger partial charge on any atom is 0.318 e. The maximum absolute atomic E-state index is 5.81. The van der Waals surface area contributed by atoms with Crippen molar-refractivity contribution < 1.29 is 4.42 Å². The molecule has 5 heteroatoms. The molecule has 2 fully saturated rings. The number of piperidine rings is 2. The van der Waals surface area contributed by atoms with Crippen molar-refractivity contribution in [1.29, 1.82) is 0 Å². The van der Waals surface area contributed by atoms with Crippen LogP contribution in [0.15, 0.2) is 4.42 Å². The molecule has 3 heterocycles. The van der Waals surface area contributed by atoms with Gasteiger partial charge in [-0.15, -0.1) is 5.10 Å². The molecule has 0 N–H and O–H groups in total.